The molecule has 17 heavy (non-hydrogen) atoms. The van der Waals surface area contributed by atoms with E-state index in [4.69, 9.17) is 16.7 Å². The van der Waals surface area contributed by atoms with Crippen LogP contribution in [0.4, 0.5) is 0 Å². The molecule has 0 saturated carbocycles. The van der Waals surface area contributed by atoms with E-state index in [-0.39, 0.29) is 0 Å². The number of rotatable bonds is 4. The van der Waals surface area contributed by atoms with Crippen LogP contribution in [0.2, 0.25) is 5.02 Å². The molecule has 0 fully saturated rings. The van der Waals surface area contributed by atoms with E-state index in [9.17, 15) is 4.79 Å². The first-order valence-corrected chi connectivity index (χ1v) is 7.03. The summed E-state index contributed by atoms with van der Waals surface area (Å²) >= 11 is 8.78. The summed E-state index contributed by atoms with van der Waals surface area (Å²) in [5.74, 6) is -0.0858. The minimum Gasteiger partial charge on any atom is -0.477 e. The summed E-state index contributed by atoms with van der Waals surface area (Å²) in [6.07, 6.45) is 0. The van der Waals surface area contributed by atoms with E-state index in [1.54, 1.807) is 17.8 Å². The fraction of sp³-hybridized carbons (Fsp3) is 0.0833. The Labute approximate surface area is 112 Å². The van der Waals surface area contributed by atoms with Crippen molar-refractivity contribution in [2.24, 2.45) is 0 Å². The van der Waals surface area contributed by atoms with Crippen LogP contribution < -0.4 is 0 Å². The van der Waals surface area contributed by atoms with Crippen LogP contribution in [0.25, 0.3) is 0 Å². The maximum Gasteiger partial charge on any atom is 0.345 e. The lowest BCUT2D eigenvalue weighted by Gasteiger charge is -1.99. The first kappa shape index (κ1) is 12.5. The highest BCUT2D eigenvalue weighted by Crippen LogP contribution is 2.27. The SMILES string of the molecule is O=C(O)c1ccc(CSc2ccc(Cl)cc2)s1. The van der Waals surface area contributed by atoms with Gasteiger partial charge in [-0.25, -0.2) is 4.79 Å². The maximum atomic E-state index is 10.7. The average Bonchev–Trinajstić information content (AvgIpc) is 2.77. The Morgan fingerprint density at radius 3 is 2.53 bits per heavy atom. The van der Waals surface area contributed by atoms with E-state index < -0.39 is 5.97 Å². The molecule has 5 heteroatoms. The van der Waals surface area contributed by atoms with Crippen LogP contribution in [0.15, 0.2) is 41.3 Å². The van der Waals surface area contributed by atoms with Gasteiger partial charge >= 0.3 is 5.97 Å². The van der Waals surface area contributed by atoms with Crippen LogP contribution in [0, 0.1) is 0 Å². The number of carboxylic acid groups (broad SMARTS) is 1. The lowest BCUT2D eigenvalue weighted by molar-refractivity contribution is 0.0702. The number of halogens is 1. The smallest absolute Gasteiger partial charge is 0.345 e. The van der Waals surface area contributed by atoms with E-state index in [1.165, 1.54) is 11.3 Å². The summed E-state index contributed by atoms with van der Waals surface area (Å²) in [6, 6.07) is 11.1. The van der Waals surface area contributed by atoms with Crippen molar-refractivity contribution < 1.29 is 9.90 Å². The molecule has 0 bridgehead atoms. The third-order valence-corrected chi connectivity index (χ3v) is 4.64. The van der Waals surface area contributed by atoms with Gasteiger partial charge in [0.25, 0.3) is 0 Å². The van der Waals surface area contributed by atoms with Gasteiger partial charge in [0, 0.05) is 20.5 Å². The maximum absolute atomic E-state index is 10.7. The molecule has 0 aliphatic carbocycles. The molecule has 0 atom stereocenters. The first-order valence-electron chi connectivity index (χ1n) is 4.85. The van der Waals surface area contributed by atoms with Crippen LogP contribution in [-0.4, -0.2) is 11.1 Å². The number of thiophene rings is 1. The molecule has 0 radical (unpaired) electrons. The van der Waals surface area contributed by atoms with Gasteiger partial charge in [-0.05, 0) is 36.4 Å². The summed E-state index contributed by atoms with van der Waals surface area (Å²) in [5.41, 5.74) is 0. The number of hydrogen-bond donors (Lipinski definition) is 1. The Morgan fingerprint density at radius 2 is 1.94 bits per heavy atom. The topological polar surface area (TPSA) is 37.3 Å². The zero-order chi connectivity index (χ0) is 12.3. The minimum atomic E-state index is -0.863. The standard InChI is InChI=1S/C12H9ClO2S2/c13-8-1-3-9(4-2-8)16-7-10-5-6-11(17-10)12(14)15/h1-6H,7H2,(H,14,15). The molecule has 0 saturated heterocycles. The molecular weight excluding hydrogens is 276 g/mol. The van der Waals surface area contributed by atoms with Crippen LogP contribution >= 0.6 is 34.7 Å². The normalized spacial score (nSPS) is 10.4. The van der Waals surface area contributed by atoms with Gasteiger partial charge in [0.15, 0.2) is 0 Å². The van der Waals surface area contributed by atoms with Crippen LogP contribution in [-0.2, 0) is 5.75 Å². The fourth-order valence-electron chi connectivity index (χ4n) is 1.26. The third kappa shape index (κ3) is 3.49. The number of hydrogen-bond acceptors (Lipinski definition) is 3. The molecule has 88 valence electrons. The zero-order valence-electron chi connectivity index (χ0n) is 8.72. The van der Waals surface area contributed by atoms with E-state index in [1.807, 2.05) is 30.3 Å². The highest BCUT2D eigenvalue weighted by Gasteiger charge is 2.06. The largest absolute Gasteiger partial charge is 0.477 e. The first-order chi connectivity index (χ1) is 8.15. The van der Waals surface area contributed by atoms with E-state index >= 15 is 0 Å². The van der Waals surface area contributed by atoms with Crippen molar-refractivity contribution in [2.45, 2.75) is 10.6 Å². The number of aromatic carboxylic acids is 1. The van der Waals surface area contributed by atoms with Crippen LogP contribution in [0.1, 0.15) is 14.5 Å². The van der Waals surface area contributed by atoms with Crippen molar-refractivity contribution in [3.63, 3.8) is 0 Å². The van der Waals surface area contributed by atoms with E-state index in [0.717, 1.165) is 20.5 Å². The molecule has 1 aromatic heterocycles. The molecule has 0 unspecified atom stereocenters. The number of carboxylic acids is 1. The molecule has 2 nitrogen and oxygen atoms in total. The zero-order valence-corrected chi connectivity index (χ0v) is 11.1. The van der Waals surface area contributed by atoms with Crippen LogP contribution in [0.5, 0.6) is 0 Å². The van der Waals surface area contributed by atoms with E-state index in [2.05, 4.69) is 0 Å². The molecule has 0 spiro atoms. The Balaban J connectivity index is 1.97. The molecule has 1 aromatic carbocycles. The number of thioether (sulfide) groups is 1. The monoisotopic (exact) mass is 284 g/mol. The van der Waals surface area contributed by atoms with Gasteiger partial charge in [-0.15, -0.1) is 23.1 Å². The van der Waals surface area contributed by atoms with Gasteiger partial charge < -0.3 is 5.11 Å². The Bertz CT molecular complexity index is 520. The molecule has 1 heterocycles. The van der Waals surface area contributed by atoms with Gasteiger partial charge in [-0.2, -0.15) is 0 Å². The second-order valence-corrected chi connectivity index (χ2v) is 5.97. The number of benzene rings is 1. The molecule has 0 aliphatic rings. The Morgan fingerprint density at radius 1 is 1.24 bits per heavy atom. The summed E-state index contributed by atoms with van der Waals surface area (Å²) in [5, 5.41) is 9.52. The van der Waals surface area contributed by atoms with E-state index in [0.29, 0.717) is 4.88 Å². The predicted molar refractivity (Wildman–Crippen MR) is 72.3 cm³/mol. The Hall–Kier alpha value is -0.970. The molecule has 0 aliphatic heterocycles. The Kier molecular flexibility index (Phi) is 4.10. The summed E-state index contributed by atoms with van der Waals surface area (Å²) in [7, 11) is 0. The quantitative estimate of drug-likeness (QED) is 0.846. The van der Waals surface area contributed by atoms with Gasteiger partial charge in [-0.1, -0.05) is 11.6 Å². The molecular formula is C12H9ClO2S2. The van der Waals surface area contributed by atoms with Crippen LogP contribution in [0.3, 0.4) is 0 Å². The van der Waals surface area contributed by atoms with Gasteiger partial charge in [0.2, 0.25) is 0 Å². The lowest BCUT2D eigenvalue weighted by atomic mass is 10.4. The molecule has 0 amide bonds. The van der Waals surface area contributed by atoms with Crippen molar-refractivity contribution in [2.75, 3.05) is 0 Å². The van der Waals surface area contributed by atoms with Crippen molar-refractivity contribution in [1.29, 1.82) is 0 Å². The minimum absolute atomic E-state index is 0.386. The third-order valence-electron chi connectivity index (χ3n) is 2.07. The summed E-state index contributed by atoms with van der Waals surface area (Å²) < 4.78 is 0. The van der Waals surface area contributed by atoms with Gasteiger partial charge in [-0.3, -0.25) is 0 Å². The van der Waals surface area contributed by atoms with Crippen molar-refractivity contribution in [1.82, 2.24) is 0 Å². The number of carbonyl (C=O) groups is 1. The molecule has 1 N–H and O–H groups in total. The van der Waals surface area contributed by atoms with Gasteiger partial charge in [0.05, 0.1) is 0 Å². The lowest BCUT2D eigenvalue weighted by Crippen LogP contribution is -1.89. The summed E-state index contributed by atoms with van der Waals surface area (Å²) in [6.45, 7) is 0. The highest BCUT2D eigenvalue weighted by atomic mass is 35.5. The molecule has 2 aromatic rings. The predicted octanol–water partition coefficient (Wildman–Crippen LogP) is 4.39. The van der Waals surface area contributed by atoms with Crippen molar-refractivity contribution in [3.05, 3.63) is 51.2 Å². The molecule has 2 rings (SSSR count). The second-order valence-electron chi connectivity index (χ2n) is 3.31. The summed E-state index contributed by atoms with van der Waals surface area (Å²) in [4.78, 5) is 13.3. The van der Waals surface area contributed by atoms with Crippen molar-refractivity contribution in [3.8, 4) is 0 Å². The van der Waals surface area contributed by atoms with Crippen molar-refractivity contribution >= 4 is 40.7 Å². The average molecular weight is 285 g/mol. The fourth-order valence-corrected chi connectivity index (χ4v) is 3.17. The highest BCUT2D eigenvalue weighted by molar-refractivity contribution is 7.98. The van der Waals surface area contributed by atoms with Gasteiger partial charge in [0.1, 0.15) is 4.88 Å². The second kappa shape index (κ2) is 5.58.